The second kappa shape index (κ2) is 11.0. The van der Waals surface area contributed by atoms with Gasteiger partial charge < -0.3 is 10.2 Å². The molecule has 1 atom stereocenters. The summed E-state index contributed by atoms with van der Waals surface area (Å²) in [6.07, 6.45) is -1.49. The first-order chi connectivity index (χ1) is 16.5. The van der Waals surface area contributed by atoms with Gasteiger partial charge in [0.2, 0.25) is 5.96 Å². The number of likely N-dealkylation sites (N-methyl/N-ethyl adjacent to an activating group) is 1. The Bertz CT molecular complexity index is 1020. The van der Waals surface area contributed by atoms with Gasteiger partial charge in [-0.05, 0) is 50.9 Å². The predicted octanol–water partition coefficient (Wildman–Crippen LogP) is 4.73. The Hall–Kier alpha value is -3.22. The van der Waals surface area contributed by atoms with Crippen LogP contribution in [0.3, 0.4) is 0 Å². The maximum Gasteiger partial charge on any atom is 0.433 e. The Morgan fingerprint density at radius 2 is 1.86 bits per heavy atom. The molecular formula is C22H25F6N7. The van der Waals surface area contributed by atoms with E-state index in [0.717, 1.165) is 55.6 Å². The number of likely N-dealkylation sites (tertiary alicyclic amines) is 1. The van der Waals surface area contributed by atoms with Crippen molar-refractivity contribution in [3.05, 3.63) is 47.9 Å². The fourth-order valence-corrected chi connectivity index (χ4v) is 3.67. The monoisotopic (exact) mass is 501 g/mol. The molecule has 0 bridgehead atoms. The minimum atomic E-state index is -4.66. The first-order valence-corrected chi connectivity index (χ1v) is 10.8. The average Bonchev–Trinajstić information content (AvgIpc) is 2.81. The second-order valence-corrected chi connectivity index (χ2v) is 7.97. The number of halogens is 6. The number of aliphatic imine (C=N–C) groups is 3. The van der Waals surface area contributed by atoms with E-state index in [-0.39, 0.29) is 24.2 Å². The summed E-state index contributed by atoms with van der Waals surface area (Å²) >= 11 is 0. The Morgan fingerprint density at radius 1 is 1.14 bits per heavy atom. The summed E-state index contributed by atoms with van der Waals surface area (Å²) in [6, 6.07) is 1.06. The van der Waals surface area contributed by atoms with Gasteiger partial charge in [0, 0.05) is 18.9 Å². The Morgan fingerprint density at radius 3 is 2.49 bits per heavy atom. The van der Waals surface area contributed by atoms with Crippen LogP contribution < -0.4 is 5.32 Å². The number of pyridine rings is 1. The molecule has 2 aliphatic rings. The van der Waals surface area contributed by atoms with E-state index in [1.54, 1.807) is 0 Å². The van der Waals surface area contributed by atoms with Gasteiger partial charge in [-0.3, -0.25) is 14.9 Å². The number of nitrogens with zero attached hydrogens (tertiary/aromatic N) is 6. The zero-order chi connectivity index (χ0) is 25.6. The number of guanidine groups is 1. The number of hydrogen-bond donors (Lipinski definition) is 1. The molecule has 0 amide bonds. The van der Waals surface area contributed by atoms with Gasteiger partial charge in [-0.25, -0.2) is 4.99 Å². The van der Waals surface area contributed by atoms with Gasteiger partial charge in [-0.15, -0.1) is 0 Å². The van der Waals surface area contributed by atoms with Crippen LogP contribution >= 0.6 is 0 Å². The molecule has 1 aromatic heterocycles. The van der Waals surface area contributed by atoms with Crippen molar-refractivity contribution < 1.29 is 26.3 Å². The third kappa shape index (κ3) is 7.13. The molecule has 1 unspecified atom stereocenters. The Labute approximate surface area is 198 Å². The predicted molar refractivity (Wildman–Crippen MR) is 122 cm³/mol. The molecule has 13 heteroatoms. The third-order valence-electron chi connectivity index (χ3n) is 5.46. The summed E-state index contributed by atoms with van der Waals surface area (Å²) in [5, 5.41) is 2.61. The number of nitrogens with one attached hydrogen (secondary N) is 1. The van der Waals surface area contributed by atoms with E-state index >= 15 is 0 Å². The zero-order valence-corrected chi connectivity index (χ0v) is 18.9. The topological polar surface area (TPSA) is 68.5 Å². The van der Waals surface area contributed by atoms with Crippen molar-refractivity contribution in [3.8, 4) is 0 Å². The fourth-order valence-electron chi connectivity index (χ4n) is 3.67. The van der Waals surface area contributed by atoms with Crippen molar-refractivity contribution in [3.63, 3.8) is 0 Å². The molecule has 0 saturated carbocycles. The lowest BCUT2D eigenvalue weighted by Gasteiger charge is -2.33. The number of allylic oxidation sites excluding steroid dienone is 3. The lowest BCUT2D eigenvalue weighted by atomic mass is 10.1. The highest BCUT2D eigenvalue weighted by atomic mass is 19.4. The van der Waals surface area contributed by atoms with Crippen molar-refractivity contribution in [1.29, 1.82) is 0 Å². The van der Waals surface area contributed by atoms with E-state index in [4.69, 9.17) is 0 Å². The molecule has 1 aromatic rings. The van der Waals surface area contributed by atoms with Crippen LogP contribution in [0.4, 0.5) is 32.0 Å². The van der Waals surface area contributed by atoms with Gasteiger partial charge in [0.15, 0.2) is 5.84 Å². The highest BCUT2D eigenvalue weighted by molar-refractivity contribution is 6.06. The first-order valence-electron chi connectivity index (χ1n) is 10.8. The van der Waals surface area contributed by atoms with E-state index in [9.17, 15) is 26.3 Å². The van der Waals surface area contributed by atoms with Gasteiger partial charge in [-0.1, -0.05) is 18.6 Å². The van der Waals surface area contributed by atoms with E-state index in [1.165, 1.54) is 25.3 Å². The molecule has 7 nitrogen and oxygen atoms in total. The summed E-state index contributed by atoms with van der Waals surface area (Å²) in [5.74, 6) is -0.212. The second-order valence-electron chi connectivity index (χ2n) is 7.97. The molecule has 0 aromatic carbocycles. The van der Waals surface area contributed by atoms with E-state index < -0.39 is 29.8 Å². The molecule has 2 aliphatic heterocycles. The largest absolute Gasteiger partial charge is 0.433 e. The number of hydrogen-bond acceptors (Lipinski definition) is 4. The quantitative estimate of drug-likeness (QED) is 0.368. The molecule has 190 valence electrons. The first kappa shape index (κ1) is 26.4. The molecule has 35 heavy (non-hydrogen) atoms. The van der Waals surface area contributed by atoms with Crippen molar-refractivity contribution in [2.75, 3.05) is 32.1 Å². The van der Waals surface area contributed by atoms with E-state index in [1.807, 2.05) is 0 Å². The summed E-state index contributed by atoms with van der Waals surface area (Å²) in [4.78, 5) is 18.8. The highest BCUT2D eigenvalue weighted by Gasteiger charge is 2.40. The average molecular weight is 501 g/mol. The van der Waals surface area contributed by atoms with Crippen LogP contribution in [0, 0.1) is 0 Å². The van der Waals surface area contributed by atoms with Crippen LogP contribution in [0.5, 0.6) is 0 Å². The fraction of sp³-hybridized carbons (Fsp3) is 0.455. The molecular weight excluding hydrogens is 476 g/mol. The van der Waals surface area contributed by atoms with Crippen molar-refractivity contribution in [2.24, 2.45) is 15.0 Å². The summed E-state index contributed by atoms with van der Waals surface area (Å²) in [7, 11) is 1.27. The summed E-state index contributed by atoms with van der Waals surface area (Å²) < 4.78 is 79.5. The van der Waals surface area contributed by atoms with E-state index in [2.05, 4.69) is 36.9 Å². The number of piperidine rings is 1. The number of amidine groups is 1. The van der Waals surface area contributed by atoms with Crippen LogP contribution in [0.1, 0.15) is 25.0 Å². The maximum absolute atomic E-state index is 13.5. The molecule has 1 fully saturated rings. The van der Waals surface area contributed by atoms with Crippen molar-refractivity contribution in [2.45, 2.75) is 37.7 Å². The maximum atomic E-state index is 13.5. The van der Waals surface area contributed by atoms with Gasteiger partial charge >= 0.3 is 12.4 Å². The van der Waals surface area contributed by atoms with Crippen LogP contribution in [0.25, 0.3) is 0 Å². The number of rotatable bonds is 4. The molecule has 3 heterocycles. The van der Waals surface area contributed by atoms with Crippen LogP contribution in [0.2, 0.25) is 0 Å². The Balaban J connectivity index is 1.92. The summed E-state index contributed by atoms with van der Waals surface area (Å²) in [6.45, 7) is 5.18. The lowest BCUT2D eigenvalue weighted by Crippen LogP contribution is -2.42. The van der Waals surface area contributed by atoms with Crippen LogP contribution in [-0.2, 0) is 6.18 Å². The van der Waals surface area contributed by atoms with Crippen LogP contribution in [0.15, 0.2) is 57.2 Å². The zero-order valence-electron chi connectivity index (χ0n) is 18.9. The van der Waals surface area contributed by atoms with Crippen LogP contribution in [-0.4, -0.2) is 72.3 Å². The van der Waals surface area contributed by atoms with Gasteiger partial charge in [0.05, 0.1) is 6.67 Å². The number of alkyl halides is 6. The number of anilines is 1. The summed E-state index contributed by atoms with van der Waals surface area (Å²) in [5.41, 5.74) is -2.02. The molecule has 0 aliphatic carbocycles. The van der Waals surface area contributed by atoms with Crippen molar-refractivity contribution in [1.82, 2.24) is 14.8 Å². The molecule has 1 N–H and O–H groups in total. The molecule has 3 rings (SSSR count). The van der Waals surface area contributed by atoms with Gasteiger partial charge in [0.1, 0.15) is 17.4 Å². The minimum absolute atomic E-state index is 0.00387. The normalized spacial score (nSPS) is 20.6. The smallest absolute Gasteiger partial charge is 0.357 e. The molecule has 0 spiro atoms. The molecule has 0 radical (unpaired) electrons. The highest BCUT2D eigenvalue weighted by Crippen LogP contribution is 2.32. The third-order valence-corrected chi connectivity index (χ3v) is 5.46. The van der Waals surface area contributed by atoms with E-state index in [0.29, 0.717) is 0 Å². The SMILES string of the molecule is C=N/C(=N\C(=N/CN1CCCCC1)C1C=CC=C(C(F)(F)F)N1C)Nc1ccnc(C(F)(F)F)c1. The lowest BCUT2D eigenvalue weighted by molar-refractivity contribution is -0.141. The van der Waals surface area contributed by atoms with Gasteiger partial charge in [0.25, 0.3) is 0 Å². The Kier molecular flexibility index (Phi) is 8.30. The van der Waals surface area contributed by atoms with Crippen molar-refractivity contribution >= 4 is 24.2 Å². The van der Waals surface area contributed by atoms with Gasteiger partial charge in [-0.2, -0.15) is 31.3 Å². The minimum Gasteiger partial charge on any atom is -0.357 e. The standard InChI is InChI=1S/C22H25F6N7/c1-29-20(32-15-9-10-30-17(13-15)21(23,24)25)33-19(31-14-35-11-4-3-5-12-35)16-7-6-8-18(34(16)2)22(26,27)28/h6-10,13,16H,1,3-5,11-12,14H2,2H3,(H,30,31,32,33). The number of aromatic nitrogens is 1. The molecule has 1 saturated heterocycles.